The number of hydrogen-bond donors (Lipinski definition) is 1. The number of hydrogen-bond acceptors (Lipinski definition) is 5. The summed E-state index contributed by atoms with van der Waals surface area (Å²) in [7, 11) is 0. The van der Waals surface area contributed by atoms with Gasteiger partial charge in [-0.2, -0.15) is 4.98 Å². The van der Waals surface area contributed by atoms with Gasteiger partial charge in [0.25, 0.3) is 0 Å². The molecule has 9 heteroatoms. The van der Waals surface area contributed by atoms with Crippen LogP contribution in [0.5, 0.6) is 0 Å². The summed E-state index contributed by atoms with van der Waals surface area (Å²) in [4.78, 5) is 19.0. The number of aromatic nitrogens is 2. The highest BCUT2D eigenvalue weighted by atomic mass is 79.9. The van der Waals surface area contributed by atoms with Crippen LogP contribution in [-0.2, 0) is 11.3 Å². The van der Waals surface area contributed by atoms with E-state index < -0.39 is 11.6 Å². The molecule has 0 saturated carbocycles. The molecule has 1 amide bonds. The standard InChI is InChI=1S/C21H19BrF2N4O2/c22-15-3-1-2-14(10-15)20-26-19(30-27-20)12-28-8-6-13(7-9-28)21(29)25-18-5-4-16(23)11-17(18)24/h1-5,10-11,13H,6-9,12H2,(H,25,29). The molecule has 2 aromatic carbocycles. The molecule has 3 aromatic rings. The lowest BCUT2D eigenvalue weighted by molar-refractivity contribution is -0.121. The molecule has 0 aliphatic carbocycles. The molecule has 1 aliphatic rings. The maximum atomic E-state index is 13.7. The molecule has 4 rings (SSSR count). The van der Waals surface area contributed by atoms with Crippen molar-refractivity contribution in [1.29, 1.82) is 0 Å². The molecule has 6 nitrogen and oxygen atoms in total. The van der Waals surface area contributed by atoms with Gasteiger partial charge >= 0.3 is 0 Å². The average molecular weight is 477 g/mol. The summed E-state index contributed by atoms with van der Waals surface area (Å²) in [6.07, 6.45) is 1.25. The summed E-state index contributed by atoms with van der Waals surface area (Å²) in [6, 6.07) is 10.8. The molecule has 30 heavy (non-hydrogen) atoms. The fraction of sp³-hybridized carbons (Fsp3) is 0.286. The highest BCUT2D eigenvalue weighted by Crippen LogP contribution is 2.24. The van der Waals surface area contributed by atoms with Gasteiger partial charge in [0.15, 0.2) is 0 Å². The van der Waals surface area contributed by atoms with Crippen LogP contribution in [0.2, 0.25) is 0 Å². The third-order valence-electron chi connectivity index (χ3n) is 5.06. The Kier molecular flexibility index (Phi) is 6.19. The summed E-state index contributed by atoms with van der Waals surface area (Å²) in [5.41, 5.74) is 0.859. The van der Waals surface area contributed by atoms with Gasteiger partial charge in [-0.05, 0) is 50.2 Å². The van der Waals surface area contributed by atoms with Crippen LogP contribution in [-0.4, -0.2) is 34.0 Å². The Balaban J connectivity index is 1.30. The first-order valence-electron chi connectivity index (χ1n) is 9.55. The first kappa shape index (κ1) is 20.6. The van der Waals surface area contributed by atoms with Crippen molar-refractivity contribution in [2.45, 2.75) is 19.4 Å². The molecular weight excluding hydrogens is 458 g/mol. The van der Waals surface area contributed by atoms with E-state index in [1.807, 2.05) is 24.3 Å². The third kappa shape index (κ3) is 4.91. The van der Waals surface area contributed by atoms with Crippen LogP contribution < -0.4 is 5.32 Å². The molecule has 0 bridgehead atoms. The van der Waals surface area contributed by atoms with E-state index in [2.05, 4.69) is 36.3 Å². The minimum absolute atomic E-state index is 0.00484. The number of likely N-dealkylation sites (tertiary alicyclic amines) is 1. The molecular formula is C21H19BrF2N4O2. The minimum Gasteiger partial charge on any atom is -0.338 e. The number of amides is 1. The van der Waals surface area contributed by atoms with Crippen LogP contribution in [0.25, 0.3) is 11.4 Å². The molecule has 0 spiro atoms. The quantitative estimate of drug-likeness (QED) is 0.581. The number of carbonyl (C=O) groups excluding carboxylic acids is 1. The highest BCUT2D eigenvalue weighted by molar-refractivity contribution is 9.10. The van der Waals surface area contributed by atoms with Crippen LogP contribution in [0.15, 0.2) is 51.5 Å². The van der Waals surface area contributed by atoms with Crippen LogP contribution in [0, 0.1) is 17.6 Å². The summed E-state index contributed by atoms with van der Waals surface area (Å²) in [6.45, 7) is 1.86. The second kappa shape index (κ2) is 9.01. The molecule has 1 fully saturated rings. The van der Waals surface area contributed by atoms with Crippen molar-refractivity contribution >= 4 is 27.5 Å². The predicted octanol–water partition coefficient (Wildman–Crippen LogP) is 4.63. The van der Waals surface area contributed by atoms with Crippen molar-refractivity contribution in [3.63, 3.8) is 0 Å². The molecule has 2 heterocycles. The fourth-order valence-electron chi connectivity index (χ4n) is 3.43. The monoisotopic (exact) mass is 476 g/mol. The van der Waals surface area contributed by atoms with Crippen molar-refractivity contribution in [3.05, 3.63) is 64.5 Å². The second-order valence-corrected chi connectivity index (χ2v) is 8.10. The van der Waals surface area contributed by atoms with Crippen molar-refractivity contribution in [2.24, 2.45) is 5.92 Å². The summed E-state index contributed by atoms with van der Waals surface area (Å²) in [5, 5.41) is 6.59. The van der Waals surface area contributed by atoms with Crippen molar-refractivity contribution in [2.75, 3.05) is 18.4 Å². The number of nitrogens with one attached hydrogen (secondary N) is 1. The van der Waals surface area contributed by atoms with Crippen molar-refractivity contribution in [3.8, 4) is 11.4 Å². The van der Waals surface area contributed by atoms with E-state index in [1.165, 1.54) is 6.07 Å². The highest BCUT2D eigenvalue weighted by Gasteiger charge is 2.26. The average Bonchev–Trinajstić information content (AvgIpc) is 3.19. The molecule has 1 aliphatic heterocycles. The zero-order valence-electron chi connectivity index (χ0n) is 15.9. The number of nitrogens with zero attached hydrogens (tertiary/aromatic N) is 3. The van der Waals surface area contributed by atoms with Crippen molar-refractivity contribution in [1.82, 2.24) is 15.0 Å². The van der Waals surface area contributed by atoms with Crippen LogP contribution >= 0.6 is 15.9 Å². The molecule has 156 valence electrons. The van der Waals surface area contributed by atoms with E-state index in [0.29, 0.717) is 44.2 Å². The normalized spacial score (nSPS) is 15.3. The molecule has 0 radical (unpaired) electrons. The van der Waals surface area contributed by atoms with Crippen molar-refractivity contribution < 1.29 is 18.1 Å². The number of carbonyl (C=O) groups is 1. The van der Waals surface area contributed by atoms with E-state index in [1.54, 1.807) is 0 Å². The Hall–Kier alpha value is -2.65. The summed E-state index contributed by atoms with van der Waals surface area (Å²) in [5.74, 6) is -0.898. The van der Waals surface area contributed by atoms with E-state index in [-0.39, 0.29) is 17.5 Å². The number of piperidine rings is 1. The summed E-state index contributed by atoms with van der Waals surface area (Å²) >= 11 is 3.43. The smallest absolute Gasteiger partial charge is 0.241 e. The Bertz CT molecular complexity index is 1050. The zero-order chi connectivity index (χ0) is 21.1. The van der Waals surface area contributed by atoms with E-state index in [0.717, 1.165) is 22.2 Å². The van der Waals surface area contributed by atoms with Gasteiger partial charge in [-0.3, -0.25) is 9.69 Å². The lowest BCUT2D eigenvalue weighted by atomic mass is 9.96. The maximum absolute atomic E-state index is 13.7. The first-order chi connectivity index (χ1) is 14.5. The van der Waals surface area contributed by atoms with Gasteiger partial charge < -0.3 is 9.84 Å². The van der Waals surface area contributed by atoms with Crippen LogP contribution in [0.1, 0.15) is 18.7 Å². The Morgan fingerprint density at radius 2 is 2.00 bits per heavy atom. The van der Waals surface area contributed by atoms with Gasteiger partial charge in [0.05, 0.1) is 12.2 Å². The predicted molar refractivity (Wildman–Crippen MR) is 110 cm³/mol. The van der Waals surface area contributed by atoms with E-state index in [9.17, 15) is 13.6 Å². The fourth-order valence-corrected chi connectivity index (χ4v) is 3.83. The molecule has 1 aromatic heterocycles. The largest absolute Gasteiger partial charge is 0.338 e. The SMILES string of the molecule is O=C(Nc1ccc(F)cc1F)C1CCN(Cc2nc(-c3cccc(Br)c3)no2)CC1. The third-order valence-corrected chi connectivity index (χ3v) is 5.55. The first-order valence-corrected chi connectivity index (χ1v) is 10.3. The van der Waals surface area contributed by atoms with Gasteiger partial charge in [0, 0.05) is 22.0 Å². The van der Waals surface area contributed by atoms with E-state index >= 15 is 0 Å². The van der Waals surface area contributed by atoms with Gasteiger partial charge in [-0.1, -0.05) is 33.2 Å². The number of rotatable bonds is 5. The lowest BCUT2D eigenvalue weighted by Gasteiger charge is -2.30. The second-order valence-electron chi connectivity index (χ2n) is 7.19. The topological polar surface area (TPSA) is 71.3 Å². The Morgan fingerprint density at radius 3 is 2.73 bits per heavy atom. The molecule has 0 atom stereocenters. The van der Waals surface area contributed by atoms with E-state index in [4.69, 9.17) is 4.52 Å². The van der Waals surface area contributed by atoms with Gasteiger partial charge in [-0.15, -0.1) is 0 Å². The zero-order valence-corrected chi connectivity index (χ0v) is 17.5. The number of anilines is 1. The molecule has 0 unspecified atom stereocenters. The summed E-state index contributed by atoms with van der Waals surface area (Å²) < 4.78 is 33.0. The van der Waals surface area contributed by atoms with Crippen LogP contribution in [0.4, 0.5) is 14.5 Å². The minimum atomic E-state index is -0.779. The van der Waals surface area contributed by atoms with Gasteiger partial charge in [-0.25, -0.2) is 8.78 Å². The Morgan fingerprint density at radius 1 is 1.20 bits per heavy atom. The van der Waals surface area contributed by atoms with Gasteiger partial charge in [0.2, 0.25) is 17.6 Å². The Labute approximate surface area is 180 Å². The number of halogens is 3. The molecule has 1 N–H and O–H groups in total. The molecule has 1 saturated heterocycles. The maximum Gasteiger partial charge on any atom is 0.241 e. The van der Waals surface area contributed by atoms with Gasteiger partial charge in [0.1, 0.15) is 11.6 Å². The number of benzene rings is 2. The lowest BCUT2D eigenvalue weighted by Crippen LogP contribution is -2.37. The van der Waals surface area contributed by atoms with Crippen LogP contribution in [0.3, 0.4) is 0 Å².